The van der Waals surface area contributed by atoms with Gasteiger partial charge in [0.2, 0.25) is 11.8 Å². The van der Waals surface area contributed by atoms with Crippen molar-refractivity contribution in [1.82, 2.24) is 9.80 Å². The van der Waals surface area contributed by atoms with Gasteiger partial charge in [-0.1, -0.05) is 6.07 Å². The smallest absolute Gasteiger partial charge is 0.228 e. The molecule has 1 saturated carbocycles. The molecule has 3 fully saturated rings. The monoisotopic (exact) mass is 343 g/mol. The lowest BCUT2D eigenvalue weighted by molar-refractivity contribution is -0.136. The summed E-state index contributed by atoms with van der Waals surface area (Å²) in [7, 11) is 1.67. The van der Waals surface area contributed by atoms with Crippen molar-refractivity contribution in [1.29, 1.82) is 0 Å². The molecule has 6 heteroatoms. The molecule has 2 heterocycles. The Kier molecular flexibility index (Phi) is 4.27. The summed E-state index contributed by atoms with van der Waals surface area (Å²) < 4.78 is 5.29. The molecule has 0 bridgehead atoms. The Morgan fingerprint density at radius 2 is 1.92 bits per heavy atom. The van der Waals surface area contributed by atoms with Crippen molar-refractivity contribution >= 4 is 17.5 Å². The fourth-order valence-corrected chi connectivity index (χ4v) is 3.89. The van der Waals surface area contributed by atoms with Gasteiger partial charge >= 0.3 is 0 Å². The lowest BCUT2D eigenvalue weighted by Crippen LogP contribution is -2.50. The summed E-state index contributed by atoms with van der Waals surface area (Å²) in [5, 5.41) is 0. The maximum atomic E-state index is 12.8. The van der Waals surface area contributed by atoms with E-state index in [1.807, 2.05) is 28.0 Å². The topological polar surface area (TPSA) is 53.1 Å². The van der Waals surface area contributed by atoms with Gasteiger partial charge in [0.25, 0.3) is 0 Å². The van der Waals surface area contributed by atoms with Crippen LogP contribution in [0.25, 0.3) is 0 Å². The Bertz CT molecular complexity index is 666. The van der Waals surface area contributed by atoms with Crippen LogP contribution in [0, 0.1) is 5.92 Å². The number of carbonyl (C=O) groups excluding carboxylic acids is 2. The molecule has 1 aliphatic carbocycles. The van der Waals surface area contributed by atoms with E-state index in [0.29, 0.717) is 32.1 Å². The number of rotatable bonds is 4. The zero-order valence-electron chi connectivity index (χ0n) is 14.7. The number of nitrogens with zero attached hydrogens (tertiary/aromatic N) is 3. The molecule has 134 valence electrons. The fourth-order valence-electron chi connectivity index (χ4n) is 3.89. The highest BCUT2D eigenvalue weighted by Crippen LogP contribution is 2.33. The average Bonchev–Trinajstić information content (AvgIpc) is 3.43. The van der Waals surface area contributed by atoms with Crippen LogP contribution in [0.5, 0.6) is 5.75 Å². The summed E-state index contributed by atoms with van der Waals surface area (Å²) in [6, 6.07) is 8.44. The molecule has 4 rings (SSSR count). The van der Waals surface area contributed by atoms with Gasteiger partial charge in [-0.2, -0.15) is 0 Å². The zero-order valence-corrected chi connectivity index (χ0v) is 14.7. The van der Waals surface area contributed by atoms with Gasteiger partial charge in [-0.3, -0.25) is 9.59 Å². The molecule has 1 aromatic rings. The van der Waals surface area contributed by atoms with Gasteiger partial charge in [0.1, 0.15) is 5.75 Å². The van der Waals surface area contributed by atoms with Crippen LogP contribution in [-0.4, -0.2) is 67.5 Å². The van der Waals surface area contributed by atoms with Gasteiger partial charge in [0.05, 0.1) is 13.0 Å². The number of ether oxygens (including phenoxy) is 1. The molecule has 3 aliphatic rings. The molecule has 2 saturated heterocycles. The van der Waals surface area contributed by atoms with Crippen LogP contribution in [0.4, 0.5) is 5.69 Å². The van der Waals surface area contributed by atoms with Crippen LogP contribution in [0.1, 0.15) is 19.3 Å². The summed E-state index contributed by atoms with van der Waals surface area (Å²) in [6.07, 6.45) is 2.60. The van der Waals surface area contributed by atoms with Crippen LogP contribution in [0.2, 0.25) is 0 Å². The molecule has 1 aromatic carbocycles. The van der Waals surface area contributed by atoms with Gasteiger partial charge in [-0.15, -0.1) is 0 Å². The number of benzene rings is 1. The predicted molar refractivity (Wildman–Crippen MR) is 94.6 cm³/mol. The van der Waals surface area contributed by atoms with Crippen molar-refractivity contribution in [3.8, 4) is 5.75 Å². The molecular formula is C19H25N3O3. The molecule has 1 atom stereocenters. The number of likely N-dealkylation sites (tertiary alicyclic amines) is 1. The fraction of sp³-hybridized carbons (Fsp3) is 0.579. The molecule has 6 nitrogen and oxygen atoms in total. The van der Waals surface area contributed by atoms with Crippen molar-refractivity contribution in [2.45, 2.75) is 25.3 Å². The van der Waals surface area contributed by atoms with E-state index in [9.17, 15) is 9.59 Å². The van der Waals surface area contributed by atoms with Crippen LogP contribution < -0.4 is 9.64 Å². The third-order valence-electron chi connectivity index (χ3n) is 5.51. The molecule has 0 N–H and O–H groups in total. The Morgan fingerprint density at radius 1 is 1.16 bits per heavy atom. The second kappa shape index (κ2) is 6.58. The number of carbonyl (C=O) groups is 2. The lowest BCUT2D eigenvalue weighted by Gasteiger charge is -2.37. The van der Waals surface area contributed by atoms with E-state index in [4.69, 9.17) is 4.74 Å². The molecule has 2 aliphatic heterocycles. The highest BCUT2D eigenvalue weighted by atomic mass is 16.5. The van der Waals surface area contributed by atoms with Crippen molar-refractivity contribution < 1.29 is 14.3 Å². The van der Waals surface area contributed by atoms with Gasteiger partial charge in [-0.25, -0.2) is 0 Å². The Labute approximate surface area is 148 Å². The van der Waals surface area contributed by atoms with E-state index >= 15 is 0 Å². The first-order chi connectivity index (χ1) is 12.2. The van der Waals surface area contributed by atoms with Crippen molar-refractivity contribution in [2.24, 2.45) is 5.92 Å². The van der Waals surface area contributed by atoms with E-state index in [1.54, 1.807) is 7.11 Å². The average molecular weight is 343 g/mol. The lowest BCUT2D eigenvalue weighted by atomic mass is 10.1. The molecular weight excluding hydrogens is 318 g/mol. The highest BCUT2D eigenvalue weighted by Gasteiger charge is 2.43. The van der Waals surface area contributed by atoms with E-state index in [1.165, 1.54) is 0 Å². The minimum atomic E-state index is -0.142. The molecule has 1 unspecified atom stereocenters. The Morgan fingerprint density at radius 3 is 2.60 bits per heavy atom. The predicted octanol–water partition coefficient (Wildman–Crippen LogP) is 1.35. The second-order valence-corrected chi connectivity index (χ2v) is 7.19. The van der Waals surface area contributed by atoms with Crippen molar-refractivity contribution in [3.05, 3.63) is 24.3 Å². The van der Waals surface area contributed by atoms with E-state index in [2.05, 4.69) is 11.0 Å². The molecule has 0 aromatic heterocycles. The minimum Gasteiger partial charge on any atom is -0.497 e. The molecule has 0 spiro atoms. The molecule has 2 amide bonds. The van der Waals surface area contributed by atoms with E-state index in [-0.39, 0.29) is 17.7 Å². The van der Waals surface area contributed by atoms with Crippen LogP contribution in [-0.2, 0) is 9.59 Å². The zero-order chi connectivity index (χ0) is 17.4. The third kappa shape index (κ3) is 3.30. The van der Waals surface area contributed by atoms with E-state index in [0.717, 1.165) is 37.4 Å². The van der Waals surface area contributed by atoms with Crippen LogP contribution >= 0.6 is 0 Å². The molecule has 25 heavy (non-hydrogen) atoms. The molecule has 0 radical (unpaired) electrons. The maximum absolute atomic E-state index is 12.8. The van der Waals surface area contributed by atoms with Gasteiger partial charge in [-0.05, 0) is 25.0 Å². The number of anilines is 1. The summed E-state index contributed by atoms with van der Waals surface area (Å²) >= 11 is 0. The maximum Gasteiger partial charge on any atom is 0.228 e. The first kappa shape index (κ1) is 16.2. The van der Waals surface area contributed by atoms with Crippen LogP contribution in [0.3, 0.4) is 0 Å². The van der Waals surface area contributed by atoms with Crippen molar-refractivity contribution in [2.75, 3.05) is 44.7 Å². The van der Waals surface area contributed by atoms with E-state index < -0.39 is 0 Å². The number of piperazine rings is 1. The Balaban J connectivity index is 1.33. The summed E-state index contributed by atoms with van der Waals surface area (Å²) in [4.78, 5) is 31.0. The normalized spacial score (nSPS) is 24.0. The van der Waals surface area contributed by atoms with Crippen LogP contribution in [0.15, 0.2) is 24.3 Å². The quantitative estimate of drug-likeness (QED) is 0.828. The number of amides is 2. The number of hydrogen-bond donors (Lipinski definition) is 0. The van der Waals surface area contributed by atoms with Crippen molar-refractivity contribution in [3.63, 3.8) is 0 Å². The first-order valence-electron chi connectivity index (χ1n) is 9.13. The largest absolute Gasteiger partial charge is 0.497 e. The standard InChI is InChI=1S/C19H25N3O3/c1-25-17-4-2-3-16(12-17)20-7-9-21(10-8-20)19(24)14-11-18(23)22(13-14)15-5-6-15/h2-4,12,14-15H,5-11,13H2,1H3. The summed E-state index contributed by atoms with van der Waals surface area (Å²) in [5.41, 5.74) is 1.13. The van der Waals surface area contributed by atoms with Gasteiger partial charge in [0.15, 0.2) is 0 Å². The minimum absolute atomic E-state index is 0.142. The summed E-state index contributed by atoms with van der Waals surface area (Å²) in [6.45, 7) is 3.67. The van der Waals surface area contributed by atoms with Gasteiger partial charge < -0.3 is 19.4 Å². The third-order valence-corrected chi connectivity index (χ3v) is 5.51. The SMILES string of the molecule is COc1cccc(N2CCN(C(=O)C3CC(=O)N(C4CC4)C3)CC2)c1. The van der Waals surface area contributed by atoms with Gasteiger partial charge in [0, 0.05) is 56.9 Å². The Hall–Kier alpha value is -2.24. The number of methoxy groups -OCH3 is 1. The highest BCUT2D eigenvalue weighted by molar-refractivity contribution is 5.89. The first-order valence-corrected chi connectivity index (χ1v) is 9.13. The number of hydrogen-bond acceptors (Lipinski definition) is 4. The second-order valence-electron chi connectivity index (χ2n) is 7.19. The summed E-state index contributed by atoms with van der Waals surface area (Å²) in [5.74, 6) is 1.02.